The Balaban J connectivity index is 1.66. The molecule has 0 aliphatic heterocycles. The van der Waals surface area contributed by atoms with Crippen LogP contribution in [-0.2, 0) is 4.79 Å². The highest BCUT2D eigenvalue weighted by Crippen LogP contribution is 2.29. The number of amides is 1. The number of aryl methyl sites for hydroxylation is 1. The number of carbonyl (C=O) groups is 2. The van der Waals surface area contributed by atoms with E-state index in [0.717, 1.165) is 22.0 Å². The van der Waals surface area contributed by atoms with Gasteiger partial charge in [0.2, 0.25) is 0 Å². The molecule has 0 bridgehead atoms. The number of rotatable bonds is 6. The second-order valence-corrected chi connectivity index (χ2v) is 7.13. The normalized spacial score (nSPS) is 11.7. The molecule has 1 N–H and O–H groups in total. The first-order valence-electron chi connectivity index (χ1n) is 8.55. The molecule has 0 saturated heterocycles. The molecule has 0 aliphatic rings. The first-order chi connectivity index (χ1) is 12.9. The summed E-state index contributed by atoms with van der Waals surface area (Å²) in [5.74, 6) is 0.399. The monoisotopic (exact) mass is 380 g/mol. The molecular formula is C21H20N2O3S. The Kier molecular flexibility index (Phi) is 5.66. The van der Waals surface area contributed by atoms with E-state index in [1.165, 1.54) is 11.3 Å². The highest BCUT2D eigenvalue weighted by Gasteiger charge is 2.16. The Morgan fingerprint density at radius 2 is 1.74 bits per heavy atom. The summed E-state index contributed by atoms with van der Waals surface area (Å²) in [7, 11) is 0. The van der Waals surface area contributed by atoms with E-state index in [1.54, 1.807) is 26.0 Å². The molecule has 1 amide bonds. The minimum atomic E-state index is -0.637. The topological polar surface area (TPSA) is 68.3 Å². The van der Waals surface area contributed by atoms with Gasteiger partial charge in [0.25, 0.3) is 5.91 Å². The third-order valence-electron chi connectivity index (χ3n) is 3.94. The average molecular weight is 380 g/mol. The van der Waals surface area contributed by atoms with Crippen molar-refractivity contribution < 1.29 is 14.3 Å². The molecule has 1 atom stereocenters. The fourth-order valence-corrected chi connectivity index (χ4v) is 3.51. The number of para-hydroxylation sites is 1. The average Bonchev–Trinajstić information content (AvgIpc) is 3.05. The van der Waals surface area contributed by atoms with Gasteiger partial charge in [-0.1, -0.05) is 18.2 Å². The van der Waals surface area contributed by atoms with Crippen molar-refractivity contribution in [2.75, 3.05) is 5.32 Å². The van der Waals surface area contributed by atoms with Gasteiger partial charge in [-0.2, -0.15) is 0 Å². The number of nitrogens with zero attached hydrogens (tertiary/aromatic N) is 1. The minimum Gasteiger partial charge on any atom is -0.481 e. The van der Waals surface area contributed by atoms with Crippen molar-refractivity contribution in [2.24, 2.45) is 0 Å². The maximum Gasteiger partial charge on any atom is 0.265 e. The van der Waals surface area contributed by atoms with Crippen LogP contribution >= 0.6 is 11.3 Å². The molecular weight excluding hydrogens is 360 g/mol. The minimum absolute atomic E-state index is 0.0226. The van der Waals surface area contributed by atoms with Gasteiger partial charge in [0.15, 0.2) is 11.9 Å². The van der Waals surface area contributed by atoms with Crippen LogP contribution in [0.3, 0.4) is 0 Å². The van der Waals surface area contributed by atoms with Crippen molar-refractivity contribution >= 4 is 28.7 Å². The predicted octanol–water partition coefficient (Wildman–Crippen LogP) is 4.73. The van der Waals surface area contributed by atoms with Crippen LogP contribution in [0, 0.1) is 6.92 Å². The molecule has 0 aliphatic carbocycles. The standard InChI is InChI=1S/C21H20N2O3S/c1-13-19(14(2)24)27-21(22-13)16-9-11-18(12-10-16)26-15(3)20(25)23-17-7-5-4-6-8-17/h4-12,15H,1-3H3,(H,23,25)/t15-/m1/s1. The predicted molar refractivity (Wildman–Crippen MR) is 107 cm³/mol. The van der Waals surface area contributed by atoms with E-state index in [9.17, 15) is 9.59 Å². The highest BCUT2D eigenvalue weighted by atomic mass is 32.1. The first-order valence-corrected chi connectivity index (χ1v) is 9.37. The molecule has 3 aromatic rings. The van der Waals surface area contributed by atoms with Gasteiger partial charge in [0.05, 0.1) is 10.6 Å². The number of nitrogens with one attached hydrogen (secondary N) is 1. The number of ketones is 1. The third kappa shape index (κ3) is 4.60. The SMILES string of the molecule is CC(=O)c1sc(-c2ccc(O[C@H](C)C(=O)Nc3ccccc3)cc2)nc1C. The summed E-state index contributed by atoms with van der Waals surface area (Å²) in [4.78, 5) is 29.0. The molecule has 0 unspecified atom stereocenters. The molecule has 2 aromatic carbocycles. The van der Waals surface area contributed by atoms with Crippen LogP contribution in [0.15, 0.2) is 54.6 Å². The summed E-state index contributed by atoms with van der Waals surface area (Å²) in [6.45, 7) is 5.08. The Morgan fingerprint density at radius 3 is 2.33 bits per heavy atom. The summed E-state index contributed by atoms with van der Waals surface area (Å²) in [6.07, 6.45) is -0.637. The van der Waals surface area contributed by atoms with E-state index in [0.29, 0.717) is 10.6 Å². The van der Waals surface area contributed by atoms with Gasteiger partial charge in [-0.05, 0) is 50.2 Å². The summed E-state index contributed by atoms with van der Waals surface area (Å²) < 4.78 is 5.72. The molecule has 0 radical (unpaired) electrons. The number of hydrogen-bond acceptors (Lipinski definition) is 5. The summed E-state index contributed by atoms with van der Waals surface area (Å²) in [6, 6.07) is 16.6. The largest absolute Gasteiger partial charge is 0.481 e. The van der Waals surface area contributed by atoms with Crippen LogP contribution in [0.1, 0.15) is 29.2 Å². The zero-order valence-electron chi connectivity index (χ0n) is 15.4. The van der Waals surface area contributed by atoms with Crippen molar-refractivity contribution in [3.05, 3.63) is 65.2 Å². The molecule has 0 saturated carbocycles. The van der Waals surface area contributed by atoms with Gasteiger partial charge < -0.3 is 10.1 Å². The summed E-state index contributed by atoms with van der Waals surface area (Å²) >= 11 is 1.38. The van der Waals surface area contributed by atoms with Crippen molar-refractivity contribution in [2.45, 2.75) is 26.9 Å². The second kappa shape index (κ2) is 8.14. The van der Waals surface area contributed by atoms with Crippen molar-refractivity contribution in [3.63, 3.8) is 0 Å². The Bertz CT molecular complexity index is 949. The summed E-state index contributed by atoms with van der Waals surface area (Å²) in [5.41, 5.74) is 2.38. The van der Waals surface area contributed by atoms with Crippen LogP contribution < -0.4 is 10.1 Å². The van der Waals surface area contributed by atoms with E-state index in [2.05, 4.69) is 10.3 Å². The fraction of sp³-hybridized carbons (Fsp3) is 0.190. The Labute approximate surface area is 162 Å². The Hall–Kier alpha value is -2.99. The molecule has 1 heterocycles. The van der Waals surface area contributed by atoms with Crippen LogP contribution in [0.5, 0.6) is 5.75 Å². The molecule has 5 nitrogen and oxygen atoms in total. The molecule has 0 fully saturated rings. The van der Waals surface area contributed by atoms with E-state index in [4.69, 9.17) is 4.74 Å². The summed E-state index contributed by atoms with van der Waals surface area (Å²) in [5, 5.41) is 3.61. The maximum atomic E-state index is 12.2. The van der Waals surface area contributed by atoms with Crippen molar-refractivity contribution in [1.82, 2.24) is 4.98 Å². The maximum absolute atomic E-state index is 12.2. The van der Waals surface area contributed by atoms with Crippen molar-refractivity contribution in [1.29, 1.82) is 0 Å². The van der Waals surface area contributed by atoms with Gasteiger partial charge in [-0.3, -0.25) is 9.59 Å². The van der Waals surface area contributed by atoms with Gasteiger partial charge in [-0.15, -0.1) is 11.3 Å². The van der Waals surface area contributed by atoms with Crippen LogP contribution in [0.4, 0.5) is 5.69 Å². The zero-order valence-corrected chi connectivity index (χ0v) is 16.2. The molecule has 0 spiro atoms. The van der Waals surface area contributed by atoms with E-state index in [1.807, 2.05) is 49.4 Å². The number of benzene rings is 2. The Morgan fingerprint density at radius 1 is 1.07 bits per heavy atom. The number of Topliss-reactive ketones (excluding diaryl/α,β-unsaturated/α-hetero) is 1. The highest BCUT2D eigenvalue weighted by molar-refractivity contribution is 7.17. The quantitative estimate of drug-likeness (QED) is 0.628. The van der Waals surface area contributed by atoms with Crippen LogP contribution in [0.25, 0.3) is 10.6 Å². The van der Waals surface area contributed by atoms with Crippen LogP contribution in [-0.4, -0.2) is 22.8 Å². The lowest BCUT2D eigenvalue weighted by Gasteiger charge is -2.15. The molecule has 1 aromatic heterocycles. The number of hydrogen-bond donors (Lipinski definition) is 1. The number of aromatic nitrogens is 1. The number of carbonyl (C=O) groups excluding carboxylic acids is 2. The van der Waals surface area contributed by atoms with Crippen LogP contribution in [0.2, 0.25) is 0 Å². The van der Waals surface area contributed by atoms with Gasteiger partial charge >= 0.3 is 0 Å². The zero-order chi connectivity index (χ0) is 19.4. The molecule has 138 valence electrons. The second-order valence-electron chi connectivity index (χ2n) is 6.13. The lowest BCUT2D eigenvalue weighted by atomic mass is 10.2. The van der Waals surface area contributed by atoms with E-state index in [-0.39, 0.29) is 11.7 Å². The molecule has 3 rings (SSSR count). The van der Waals surface area contributed by atoms with Gasteiger partial charge in [0, 0.05) is 18.2 Å². The lowest BCUT2D eigenvalue weighted by molar-refractivity contribution is -0.122. The van der Waals surface area contributed by atoms with Gasteiger partial charge in [-0.25, -0.2) is 4.98 Å². The molecule has 27 heavy (non-hydrogen) atoms. The van der Waals surface area contributed by atoms with E-state index < -0.39 is 6.10 Å². The fourth-order valence-electron chi connectivity index (χ4n) is 2.55. The first kappa shape index (κ1) is 18.8. The third-order valence-corrected chi connectivity index (χ3v) is 5.25. The van der Waals surface area contributed by atoms with Gasteiger partial charge in [0.1, 0.15) is 10.8 Å². The number of thiazole rings is 1. The molecule has 6 heteroatoms. The lowest BCUT2D eigenvalue weighted by Crippen LogP contribution is -2.30. The number of ether oxygens (including phenoxy) is 1. The van der Waals surface area contributed by atoms with Crippen molar-refractivity contribution in [3.8, 4) is 16.3 Å². The number of anilines is 1. The van der Waals surface area contributed by atoms with E-state index >= 15 is 0 Å². The smallest absolute Gasteiger partial charge is 0.265 e.